The Kier molecular flexibility index (Phi) is 54.2. The Hall–Kier alpha value is -3.55. The number of ether oxygens (including phenoxy) is 6. The zero-order chi connectivity index (χ0) is 71.8. The van der Waals surface area contributed by atoms with Crippen molar-refractivity contribution in [3.05, 3.63) is 109 Å². The lowest BCUT2D eigenvalue weighted by molar-refractivity contribution is -0.379. The second kappa shape index (κ2) is 59.8. The number of carbonyl (C=O) groups excluding carboxylic acids is 1. The molecule has 19 nitrogen and oxygen atoms in total. The molecule has 3 heterocycles. The number of nitrogens with one attached hydrogen (secondary N) is 1. The van der Waals surface area contributed by atoms with Gasteiger partial charge in [0.05, 0.1) is 38.6 Å². The fourth-order valence-electron chi connectivity index (χ4n) is 12.3. The van der Waals surface area contributed by atoms with Crippen molar-refractivity contribution in [2.24, 2.45) is 0 Å². The molecular formula is C80H137NO18. The summed E-state index contributed by atoms with van der Waals surface area (Å²) < 4.78 is 34.4. The van der Waals surface area contributed by atoms with Crippen LogP contribution < -0.4 is 5.32 Å². The largest absolute Gasteiger partial charge is 0.394 e. The van der Waals surface area contributed by atoms with Crippen molar-refractivity contribution in [1.82, 2.24) is 5.32 Å². The molecule has 1 amide bonds. The van der Waals surface area contributed by atoms with Crippen molar-refractivity contribution in [1.29, 1.82) is 0 Å². The number of hydrogen-bond acceptors (Lipinski definition) is 18. The zero-order valence-corrected chi connectivity index (χ0v) is 60.7. The third-order valence-electron chi connectivity index (χ3n) is 18.5. The Morgan fingerprint density at radius 2 is 0.707 bits per heavy atom. The van der Waals surface area contributed by atoms with E-state index in [0.29, 0.717) is 12.8 Å². The van der Waals surface area contributed by atoms with Crippen LogP contribution in [-0.2, 0) is 33.2 Å². The Morgan fingerprint density at radius 3 is 1.13 bits per heavy atom. The van der Waals surface area contributed by atoms with Crippen LogP contribution in [-0.4, -0.2) is 193 Å². The van der Waals surface area contributed by atoms with Gasteiger partial charge >= 0.3 is 0 Å². The predicted molar refractivity (Wildman–Crippen MR) is 392 cm³/mol. The summed E-state index contributed by atoms with van der Waals surface area (Å²) in [5.41, 5.74) is 0. The van der Waals surface area contributed by atoms with Crippen LogP contribution in [0.5, 0.6) is 0 Å². The van der Waals surface area contributed by atoms with Crippen LogP contribution in [0.1, 0.15) is 258 Å². The summed E-state index contributed by atoms with van der Waals surface area (Å²) >= 11 is 0. The minimum absolute atomic E-state index is 0.225. The molecule has 3 aliphatic heterocycles. The molecule has 17 atom stereocenters. The summed E-state index contributed by atoms with van der Waals surface area (Å²) in [7, 11) is 0. The highest BCUT2D eigenvalue weighted by Gasteiger charge is 2.53. The number of amides is 1. The molecule has 12 N–H and O–H groups in total. The first-order valence-corrected chi connectivity index (χ1v) is 38.6. The first-order valence-electron chi connectivity index (χ1n) is 38.6. The zero-order valence-electron chi connectivity index (χ0n) is 60.7. The number of carbonyl (C=O) groups is 1. The van der Waals surface area contributed by atoms with E-state index < -0.39 is 124 Å². The number of aliphatic hydroxyl groups is 11. The molecule has 0 spiro atoms. The summed E-state index contributed by atoms with van der Waals surface area (Å²) in [5.74, 6) is -0.293. The molecule has 0 bridgehead atoms. The van der Waals surface area contributed by atoms with Gasteiger partial charge in [-0.2, -0.15) is 0 Å². The third kappa shape index (κ3) is 40.3. The van der Waals surface area contributed by atoms with Crippen molar-refractivity contribution in [3.63, 3.8) is 0 Å². The SMILES string of the molecule is CC/C=C\C/C=C\C/C=C\C/C=C\C/C=C\C/C=C\CCCCCCCCCCCCCCCCC(=O)NC(COC1OC(CO)C(OC2OC(CO)C(OC3OC(CO)C(O)C(O)C3O)C(O)C2O)C(O)C1O)C(O)/C=C/CC/C=C/CC/C=C/CCCCCCCCCCCCC. The van der Waals surface area contributed by atoms with E-state index in [9.17, 15) is 61.0 Å². The maximum atomic E-state index is 13.5. The topological polar surface area (TPSA) is 307 Å². The molecule has 0 aromatic carbocycles. The Labute approximate surface area is 595 Å². The molecule has 17 unspecified atom stereocenters. The number of rotatable bonds is 59. The molecule has 3 aliphatic rings. The fraction of sp³-hybridized carbons (Fsp3) is 0.762. The molecular weight excluding hydrogens is 1260 g/mol. The molecule has 0 radical (unpaired) electrons. The maximum absolute atomic E-state index is 13.5. The van der Waals surface area contributed by atoms with Gasteiger partial charge in [-0.3, -0.25) is 4.79 Å². The molecule has 0 aromatic rings. The van der Waals surface area contributed by atoms with Crippen molar-refractivity contribution >= 4 is 5.91 Å². The highest BCUT2D eigenvalue weighted by atomic mass is 16.8. The van der Waals surface area contributed by atoms with E-state index >= 15 is 0 Å². The standard InChI is InChI=1S/C80H137NO18/c1-3-5-7-9-11-13-15-17-19-21-23-25-26-27-28-29-30-31-32-33-34-35-36-38-40-42-44-46-48-50-52-54-56-58-68(86)81-63(64(85)57-55-53-51-49-47-45-43-41-39-37-24-22-20-18-16-14-12-10-8-6-4-2)62-94-78-74(92)71(89)76(66(60-83)96-78)99-80-75(93)72(90)77(67(61-84)97-80)98-79-73(91)70(88)69(87)65(59-82)95-79/h5,7,11,13,17,19,23,25,27-28,30-31,39,41,47,49,55,57,63-67,69-80,82-85,87-93H,3-4,6,8-10,12,14-16,18,20-22,24,26,29,32-38,40,42-46,48,50-54,56,58-62H2,1-2H3,(H,81,86)/b7-5-,13-11-,19-17-,25-23-,28-27-,31-30-,41-39+,49-47+,57-55+. The molecule has 3 rings (SSSR count). The van der Waals surface area contributed by atoms with Crippen LogP contribution >= 0.6 is 0 Å². The average molecular weight is 1400 g/mol. The van der Waals surface area contributed by atoms with Gasteiger partial charge in [0.2, 0.25) is 5.91 Å². The summed E-state index contributed by atoms with van der Waals surface area (Å²) in [5, 5.41) is 121. The Balaban J connectivity index is 1.39. The minimum Gasteiger partial charge on any atom is -0.394 e. The molecule has 3 saturated heterocycles. The van der Waals surface area contributed by atoms with E-state index in [-0.39, 0.29) is 18.9 Å². The molecule has 0 saturated carbocycles. The highest BCUT2D eigenvalue weighted by Crippen LogP contribution is 2.33. The van der Waals surface area contributed by atoms with Crippen LogP contribution in [0.2, 0.25) is 0 Å². The summed E-state index contributed by atoms with van der Waals surface area (Å²) in [6.45, 7) is 1.60. The average Bonchev–Trinajstić information content (AvgIpc) is 0.761. The monoisotopic (exact) mass is 1400 g/mol. The van der Waals surface area contributed by atoms with Crippen molar-refractivity contribution < 1.29 is 89.4 Å². The third-order valence-corrected chi connectivity index (χ3v) is 18.5. The van der Waals surface area contributed by atoms with E-state index in [2.05, 4.69) is 116 Å². The number of hydrogen-bond donors (Lipinski definition) is 12. The molecule has 0 aliphatic carbocycles. The van der Waals surface area contributed by atoms with E-state index in [0.717, 1.165) is 96.3 Å². The number of unbranched alkanes of at least 4 members (excludes halogenated alkanes) is 27. The lowest BCUT2D eigenvalue weighted by Crippen LogP contribution is -2.66. The van der Waals surface area contributed by atoms with Gasteiger partial charge in [-0.1, -0.05) is 264 Å². The number of allylic oxidation sites excluding steroid dienone is 17. The van der Waals surface area contributed by atoms with E-state index in [1.54, 1.807) is 6.08 Å². The summed E-state index contributed by atoms with van der Waals surface area (Å²) in [4.78, 5) is 13.5. The van der Waals surface area contributed by atoms with Crippen LogP contribution in [0.3, 0.4) is 0 Å². The highest BCUT2D eigenvalue weighted by molar-refractivity contribution is 5.76. The van der Waals surface area contributed by atoms with Gasteiger partial charge in [0.15, 0.2) is 18.9 Å². The number of aliphatic hydroxyl groups excluding tert-OH is 11. The molecule has 570 valence electrons. The van der Waals surface area contributed by atoms with Crippen molar-refractivity contribution in [3.8, 4) is 0 Å². The first kappa shape index (κ1) is 89.7. The van der Waals surface area contributed by atoms with Crippen LogP contribution in [0, 0.1) is 0 Å². The van der Waals surface area contributed by atoms with Crippen LogP contribution in [0.4, 0.5) is 0 Å². The van der Waals surface area contributed by atoms with Gasteiger partial charge in [-0.15, -0.1) is 0 Å². The van der Waals surface area contributed by atoms with E-state index in [1.807, 2.05) is 6.08 Å². The summed E-state index contributed by atoms with van der Waals surface area (Å²) in [6, 6.07) is -1.00. The fourth-order valence-corrected chi connectivity index (χ4v) is 12.3. The second-order valence-corrected chi connectivity index (χ2v) is 27.1. The van der Waals surface area contributed by atoms with Gasteiger partial charge in [-0.05, 0) is 96.3 Å². The minimum atomic E-state index is -1.99. The van der Waals surface area contributed by atoms with Crippen LogP contribution in [0.15, 0.2) is 109 Å². The molecule has 0 aromatic heterocycles. The Morgan fingerprint density at radius 1 is 0.374 bits per heavy atom. The quantitative estimate of drug-likeness (QED) is 0.0199. The predicted octanol–water partition coefficient (Wildman–Crippen LogP) is 12.2. The van der Waals surface area contributed by atoms with Gasteiger partial charge in [0.25, 0.3) is 0 Å². The van der Waals surface area contributed by atoms with Gasteiger partial charge < -0.3 is 89.9 Å². The normalized spacial score (nSPS) is 27.2. The smallest absolute Gasteiger partial charge is 0.220 e. The molecule has 3 fully saturated rings. The van der Waals surface area contributed by atoms with Gasteiger partial charge in [0, 0.05) is 6.42 Å². The van der Waals surface area contributed by atoms with E-state index in [4.69, 9.17) is 28.4 Å². The van der Waals surface area contributed by atoms with Gasteiger partial charge in [0.1, 0.15) is 73.2 Å². The second-order valence-electron chi connectivity index (χ2n) is 27.1. The summed E-state index contributed by atoms with van der Waals surface area (Å²) in [6.07, 6.45) is 54.9. The lowest BCUT2D eigenvalue weighted by Gasteiger charge is -2.48. The lowest BCUT2D eigenvalue weighted by atomic mass is 9.96. The van der Waals surface area contributed by atoms with E-state index in [1.165, 1.54) is 128 Å². The maximum Gasteiger partial charge on any atom is 0.220 e. The van der Waals surface area contributed by atoms with Gasteiger partial charge in [-0.25, -0.2) is 0 Å². The van der Waals surface area contributed by atoms with Crippen molar-refractivity contribution in [2.45, 2.75) is 362 Å². The first-order chi connectivity index (χ1) is 48.3. The molecule has 19 heteroatoms. The Bertz CT molecular complexity index is 2220. The molecule has 99 heavy (non-hydrogen) atoms. The van der Waals surface area contributed by atoms with Crippen LogP contribution in [0.25, 0.3) is 0 Å². The van der Waals surface area contributed by atoms with Crippen molar-refractivity contribution in [2.75, 3.05) is 26.4 Å².